The molecule has 0 saturated carbocycles. The molecule has 2 heterocycles. The molecule has 0 spiro atoms. The Hall–Kier alpha value is -4.82. The first kappa shape index (κ1) is 20.5. The number of nitrogens with zero attached hydrogens (tertiary/aromatic N) is 2. The molecule has 2 heteroatoms. The van der Waals surface area contributed by atoms with E-state index in [9.17, 15) is 0 Å². The fourth-order valence-electron chi connectivity index (χ4n) is 5.17. The molecule has 0 atom stereocenters. The smallest absolute Gasteiger partial charge is 0.0794 e. The van der Waals surface area contributed by atoms with Crippen molar-refractivity contribution < 1.29 is 0 Å². The Bertz CT molecular complexity index is 1870. The molecule has 0 saturated heterocycles. The first-order valence-corrected chi connectivity index (χ1v) is 12.2. The van der Waals surface area contributed by atoms with E-state index in [0.717, 1.165) is 60.8 Å². The minimum Gasteiger partial charge on any atom is -0.248 e. The number of hydrogen-bond donors (Lipinski definition) is 0. The zero-order valence-corrected chi connectivity index (χ0v) is 19.6. The van der Waals surface area contributed by atoms with Crippen LogP contribution in [0.1, 0.15) is 0 Å². The van der Waals surface area contributed by atoms with Crippen molar-refractivity contribution in [1.82, 2.24) is 9.97 Å². The first-order valence-electron chi connectivity index (χ1n) is 12.2. The molecule has 168 valence electrons. The van der Waals surface area contributed by atoms with Crippen LogP contribution in [-0.2, 0) is 0 Å². The highest BCUT2D eigenvalue weighted by atomic mass is 14.7. The number of benzene rings is 5. The molecule has 7 rings (SSSR count). The van der Waals surface area contributed by atoms with Crippen molar-refractivity contribution >= 4 is 32.6 Å². The summed E-state index contributed by atoms with van der Waals surface area (Å²) in [6.07, 6.45) is 0. The summed E-state index contributed by atoms with van der Waals surface area (Å²) >= 11 is 0. The fourth-order valence-corrected chi connectivity index (χ4v) is 5.17. The average molecular weight is 459 g/mol. The number of hydrogen-bond acceptors (Lipinski definition) is 2. The van der Waals surface area contributed by atoms with Crippen LogP contribution in [0.2, 0.25) is 0 Å². The Morgan fingerprint density at radius 2 is 1.00 bits per heavy atom. The second-order valence-corrected chi connectivity index (χ2v) is 9.01. The van der Waals surface area contributed by atoms with Gasteiger partial charge in [0.25, 0.3) is 0 Å². The lowest BCUT2D eigenvalue weighted by Gasteiger charge is -2.15. The van der Waals surface area contributed by atoms with Gasteiger partial charge in [-0.05, 0) is 23.1 Å². The molecular weight excluding hydrogens is 436 g/mol. The fraction of sp³-hybridized carbons (Fsp3) is 0. The van der Waals surface area contributed by atoms with Gasteiger partial charge in [0.1, 0.15) is 0 Å². The quantitative estimate of drug-likeness (QED) is 0.247. The summed E-state index contributed by atoms with van der Waals surface area (Å²) in [6.45, 7) is 0. The molecule has 7 aromatic rings. The Kier molecular flexibility index (Phi) is 4.82. The maximum atomic E-state index is 5.34. The third-order valence-corrected chi connectivity index (χ3v) is 6.86. The predicted octanol–water partition coefficient (Wildman–Crippen LogP) is 8.94. The van der Waals surface area contributed by atoms with Crippen molar-refractivity contribution in [3.8, 4) is 33.6 Å². The minimum absolute atomic E-state index is 0.963. The second kappa shape index (κ2) is 8.44. The number of para-hydroxylation sites is 2. The standard InChI is InChI=1S/C34H22N2/c1-3-12-23(13-4-1)32-22-30(26-17-9-10-21-31(26)35-32)29-20-11-19-28-25-16-7-8-18-27(25)33(36-34(28)29)24-14-5-2-6-15-24/h1-22H. The lowest BCUT2D eigenvalue weighted by atomic mass is 9.93. The summed E-state index contributed by atoms with van der Waals surface area (Å²) in [5.41, 5.74) is 8.44. The molecule has 0 unspecified atom stereocenters. The van der Waals surface area contributed by atoms with E-state index in [1.807, 2.05) is 12.1 Å². The van der Waals surface area contributed by atoms with Crippen LogP contribution in [0.3, 0.4) is 0 Å². The average Bonchev–Trinajstić information content (AvgIpc) is 2.97. The van der Waals surface area contributed by atoms with E-state index in [-0.39, 0.29) is 0 Å². The summed E-state index contributed by atoms with van der Waals surface area (Å²) in [4.78, 5) is 10.3. The van der Waals surface area contributed by atoms with Crippen molar-refractivity contribution in [3.05, 3.63) is 133 Å². The molecule has 5 aromatic carbocycles. The molecule has 2 aromatic heterocycles. The largest absolute Gasteiger partial charge is 0.248 e. The normalized spacial score (nSPS) is 11.3. The maximum Gasteiger partial charge on any atom is 0.0794 e. The van der Waals surface area contributed by atoms with Gasteiger partial charge in [0, 0.05) is 32.8 Å². The molecule has 0 radical (unpaired) electrons. The van der Waals surface area contributed by atoms with Gasteiger partial charge in [-0.1, -0.05) is 121 Å². The first-order chi connectivity index (χ1) is 17.9. The van der Waals surface area contributed by atoms with Crippen LogP contribution in [-0.4, -0.2) is 9.97 Å². The lowest BCUT2D eigenvalue weighted by molar-refractivity contribution is 1.39. The van der Waals surface area contributed by atoms with Gasteiger partial charge in [0.15, 0.2) is 0 Å². The molecular formula is C34H22N2. The van der Waals surface area contributed by atoms with Gasteiger partial charge in [0.05, 0.1) is 22.4 Å². The van der Waals surface area contributed by atoms with Crippen LogP contribution in [0.5, 0.6) is 0 Å². The van der Waals surface area contributed by atoms with Crippen LogP contribution in [0.4, 0.5) is 0 Å². The third kappa shape index (κ3) is 3.35. The Morgan fingerprint density at radius 3 is 1.78 bits per heavy atom. The zero-order chi connectivity index (χ0) is 23.9. The Labute approximate surface area is 209 Å². The highest BCUT2D eigenvalue weighted by molar-refractivity contribution is 6.15. The number of pyridine rings is 2. The van der Waals surface area contributed by atoms with Gasteiger partial charge < -0.3 is 0 Å². The summed E-state index contributed by atoms with van der Waals surface area (Å²) in [5, 5.41) is 4.66. The molecule has 0 N–H and O–H groups in total. The van der Waals surface area contributed by atoms with E-state index in [4.69, 9.17) is 9.97 Å². The van der Waals surface area contributed by atoms with Gasteiger partial charge in [-0.3, -0.25) is 0 Å². The van der Waals surface area contributed by atoms with Crippen molar-refractivity contribution in [2.45, 2.75) is 0 Å². The van der Waals surface area contributed by atoms with Crippen molar-refractivity contribution in [2.24, 2.45) is 0 Å². The van der Waals surface area contributed by atoms with Gasteiger partial charge in [-0.2, -0.15) is 0 Å². The van der Waals surface area contributed by atoms with Crippen LogP contribution in [0.15, 0.2) is 133 Å². The Balaban J connectivity index is 1.59. The highest BCUT2D eigenvalue weighted by Crippen LogP contribution is 2.39. The van der Waals surface area contributed by atoms with E-state index in [2.05, 4.69) is 121 Å². The van der Waals surface area contributed by atoms with E-state index in [0.29, 0.717) is 0 Å². The maximum absolute atomic E-state index is 5.34. The van der Waals surface area contributed by atoms with Crippen LogP contribution < -0.4 is 0 Å². The van der Waals surface area contributed by atoms with Gasteiger partial charge in [-0.25, -0.2) is 9.97 Å². The number of rotatable bonds is 3. The summed E-state index contributed by atoms with van der Waals surface area (Å²) in [6, 6.07) is 46.6. The van der Waals surface area contributed by atoms with Crippen molar-refractivity contribution in [2.75, 3.05) is 0 Å². The van der Waals surface area contributed by atoms with Crippen molar-refractivity contribution in [3.63, 3.8) is 0 Å². The Morgan fingerprint density at radius 1 is 0.389 bits per heavy atom. The van der Waals surface area contributed by atoms with Crippen LogP contribution >= 0.6 is 0 Å². The van der Waals surface area contributed by atoms with Gasteiger partial charge in [-0.15, -0.1) is 0 Å². The second-order valence-electron chi connectivity index (χ2n) is 9.01. The molecule has 0 amide bonds. The lowest BCUT2D eigenvalue weighted by Crippen LogP contribution is -1.94. The molecule has 0 fully saturated rings. The van der Waals surface area contributed by atoms with Crippen LogP contribution in [0, 0.1) is 0 Å². The molecule has 2 nitrogen and oxygen atoms in total. The summed E-state index contributed by atoms with van der Waals surface area (Å²) in [7, 11) is 0. The molecule has 0 aliphatic rings. The number of aromatic nitrogens is 2. The van der Waals surface area contributed by atoms with E-state index in [1.165, 1.54) is 5.39 Å². The summed E-state index contributed by atoms with van der Waals surface area (Å²) < 4.78 is 0. The minimum atomic E-state index is 0.963. The SMILES string of the molecule is c1ccc(-c2cc(-c3cccc4c3nc(-c3ccccc3)c3ccccc34)c3ccccc3n2)cc1. The van der Waals surface area contributed by atoms with Gasteiger partial charge >= 0.3 is 0 Å². The van der Waals surface area contributed by atoms with E-state index in [1.54, 1.807) is 0 Å². The third-order valence-electron chi connectivity index (χ3n) is 6.86. The highest BCUT2D eigenvalue weighted by Gasteiger charge is 2.16. The zero-order valence-electron chi connectivity index (χ0n) is 19.6. The molecule has 36 heavy (non-hydrogen) atoms. The molecule has 0 aliphatic heterocycles. The van der Waals surface area contributed by atoms with Crippen molar-refractivity contribution in [1.29, 1.82) is 0 Å². The molecule has 0 bridgehead atoms. The van der Waals surface area contributed by atoms with E-state index < -0.39 is 0 Å². The monoisotopic (exact) mass is 458 g/mol. The topological polar surface area (TPSA) is 25.8 Å². The van der Waals surface area contributed by atoms with E-state index >= 15 is 0 Å². The summed E-state index contributed by atoms with van der Waals surface area (Å²) in [5.74, 6) is 0. The predicted molar refractivity (Wildman–Crippen MR) is 151 cm³/mol. The molecule has 0 aliphatic carbocycles. The number of fused-ring (bicyclic) bond motifs is 4. The van der Waals surface area contributed by atoms with Gasteiger partial charge in [0.2, 0.25) is 0 Å². The van der Waals surface area contributed by atoms with Crippen LogP contribution in [0.25, 0.3) is 66.2 Å².